The summed E-state index contributed by atoms with van der Waals surface area (Å²) in [6.45, 7) is 6.83. The van der Waals surface area contributed by atoms with Gasteiger partial charge in [0.1, 0.15) is 12.1 Å². The van der Waals surface area contributed by atoms with E-state index >= 15 is 0 Å². The van der Waals surface area contributed by atoms with Crippen LogP contribution in [0, 0.1) is 13.8 Å². The molecule has 27 heavy (non-hydrogen) atoms. The monoisotopic (exact) mass is 368 g/mol. The quantitative estimate of drug-likeness (QED) is 0.673. The summed E-state index contributed by atoms with van der Waals surface area (Å²) in [4.78, 5) is 25.7. The van der Waals surface area contributed by atoms with E-state index in [1.165, 1.54) is 0 Å². The maximum absolute atomic E-state index is 12.8. The van der Waals surface area contributed by atoms with Crippen LogP contribution in [0.2, 0.25) is 0 Å². The number of aryl methyl sites for hydroxylation is 3. The van der Waals surface area contributed by atoms with Crippen molar-refractivity contribution in [3.05, 3.63) is 29.5 Å². The second kappa shape index (κ2) is 6.64. The number of carbonyl (C=O) groups is 1. The summed E-state index contributed by atoms with van der Waals surface area (Å²) in [7, 11) is 3.79. The lowest BCUT2D eigenvalue weighted by Crippen LogP contribution is -2.49. The summed E-state index contributed by atoms with van der Waals surface area (Å²) < 4.78 is 3.59. The zero-order valence-electron chi connectivity index (χ0n) is 16.2. The molecule has 0 spiro atoms. The van der Waals surface area contributed by atoms with E-state index in [9.17, 15) is 4.79 Å². The van der Waals surface area contributed by atoms with Crippen LogP contribution in [-0.2, 0) is 25.3 Å². The summed E-state index contributed by atoms with van der Waals surface area (Å²) in [5.74, 6) is 1.04. The number of anilines is 1. The number of carbonyl (C=O) groups excluding carboxylic acids is 1. The molecule has 0 atom stereocenters. The first-order valence-corrected chi connectivity index (χ1v) is 9.10. The van der Waals surface area contributed by atoms with Crippen LogP contribution in [0.4, 0.5) is 5.82 Å². The zero-order chi connectivity index (χ0) is 19.1. The van der Waals surface area contributed by atoms with Crippen LogP contribution in [0.15, 0.2) is 12.5 Å². The first-order chi connectivity index (χ1) is 13.0. The number of rotatable bonds is 3. The molecule has 9 nitrogen and oxygen atoms in total. The molecular formula is C18H24N8O. The van der Waals surface area contributed by atoms with Gasteiger partial charge in [0.2, 0.25) is 5.91 Å². The minimum Gasteiger partial charge on any atom is -0.352 e. The van der Waals surface area contributed by atoms with Gasteiger partial charge < -0.3 is 9.80 Å². The summed E-state index contributed by atoms with van der Waals surface area (Å²) in [6, 6.07) is 0. The number of hydrogen-bond donors (Lipinski definition) is 0. The van der Waals surface area contributed by atoms with Crippen molar-refractivity contribution in [2.24, 2.45) is 14.1 Å². The molecule has 1 fully saturated rings. The van der Waals surface area contributed by atoms with Gasteiger partial charge >= 0.3 is 0 Å². The molecule has 4 heterocycles. The predicted octanol–water partition coefficient (Wildman–Crippen LogP) is 0.605. The summed E-state index contributed by atoms with van der Waals surface area (Å²) in [6.07, 6.45) is 3.78. The highest BCUT2D eigenvalue weighted by atomic mass is 16.2. The predicted molar refractivity (Wildman–Crippen MR) is 101 cm³/mol. The van der Waals surface area contributed by atoms with Gasteiger partial charge in [0.25, 0.3) is 0 Å². The highest BCUT2D eigenvalue weighted by molar-refractivity contribution is 5.87. The third-order valence-corrected chi connectivity index (χ3v) is 5.43. The first kappa shape index (κ1) is 17.4. The molecule has 1 aliphatic rings. The Hall–Kier alpha value is -2.97. The highest BCUT2D eigenvalue weighted by Crippen LogP contribution is 2.23. The molecule has 3 aromatic rings. The average Bonchev–Trinajstić information content (AvgIpc) is 3.16. The summed E-state index contributed by atoms with van der Waals surface area (Å²) >= 11 is 0. The Balaban J connectivity index is 1.45. The van der Waals surface area contributed by atoms with Gasteiger partial charge in [-0.15, -0.1) is 0 Å². The van der Waals surface area contributed by atoms with Crippen molar-refractivity contribution < 1.29 is 4.79 Å². The van der Waals surface area contributed by atoms with E-state index in [0.717, 1.165) is 46.9 Å². The molecule has 3 aromatic heterocycles. The standard InChI is InChI=1S/C18H24N8O/c1-12-14(13(2)23(3)22-12)9-16(27)25-5-7-26(8-6-25)18-15-10-21-24(4)17(15)19-11-20-18/h10-11H,5-9H2,1-4H3. The normalized spacial score (nSPS) is 15.0. The Morgan fingerprint density at radius 2 is 1.81 bits per heavy atom. The van der Waals surface area contributed by atoms with Gasteiger partial charge in [0.15, 0.2) is 5.65 Å². The van der Waals surface area contributed by atoms with Crippen molar-refractivity contribution in [2.45, 2.75) is 20.3 Å². The van der Waals surface area contributed by atoms with Crippen LogP contribution in [0.3, 0.4) is 0 Å². The highest BCUT2D eigenvalue weighted by Gasteiger charge is 2.25. The largest absolute Gasteiger partial charge is 0.352 e. The van der Waals surface area contributed by atoms with Gasteiger partial charge in [-0.1, -0.05) is 0 Å². The molecule has 0 unspecified atom stereocenters. The molecule has 142 valence electrons. The number of fused-ring (bicyclic) bond motifs is 1. The molecule has 1 aliphatic heterocycles. The van der Waals surface area contributed by atoms with Crippen LogP contribution >= 0.6 is 0 Å². The topological polar surface area (TPSA) is 85.0 Å². The smallest absolute Gasteiger partial charge is 0.227 e. The fraction of sp³-hybridized carbons (Fsp3) is 0.500. The maximum atomic E-state index is 12.8. The van der Waals surface area contributed by atoms with E-state index in [2.05, 4.69) is 25.1 Å². The van der Waals surface area contributed by atoms with Gasteiger partial charge in [-0.25, -0.2) is 9.97 Å². The van der Waals surface area contributed by atoms with Crippen molar-refractivity contribution in [3.63, 3.8) is 0 Å². The minimum atomic E-state index is 0.156. The Kier molecular flexibility index (Phi) is 4.29. The van der Waals surface area contributed by atoms with Crippen LogP contribution in [0.25, 0.3) is 11.0 Å². The van der Waals surface area contributed by atoms with E-state index in [1.54, 1.807) is 17.2 Å². The number of aromatic nitrogens is 6. The van der Waals surface area contributed by atoms with Crippen LogP contribution in [0.5, 0.6) is 0 Å². The number of nitrogens with zero attached hydrogens (tertiary/aromatic N) is 8. The van der Waals surface area contributed by atoms with Crippen molar-refractivity contribution in [2.75, 3.05) is 31.1 Å². The van der Waals surface area contributed by atoms with E-state index in [0.29, 0.717) is 19.5 Å². The van der Waals surface area contributed by atoms with Gasteiger partial charge in [0, 0.05) is 51.5 Å². The van der Waals surface area contributed by atoms with Crippen molar-refractivity contribution in [1.29, 1.82) is 0 Å². The molecule has 0 N–H and O–H groups in total. The zero-order valence-corrected chi connectivity index (χ0v) is 16.2. The molecule has 4 rings (SSSR count). The van der Waals surface area contributed by atoms with Gasteiger partial charge in [-0.3, -0.25) is 14.2 Å². The molecule has 1 saturated heterocycles. The van der Waals surface area contributed by atoms with Gasteiger partial charge in [0.05, 0.1) is 23.7 Å². The fourth-order valence-corrected chi connectivity index (χ4v) is 3.71. The lowest BCUT2D eigenvalue weighted by atomic mass is 10.1. The SMILES string of the molecule is Cc1nn(C)c(C)c1CC(=O)N1CCN(c2ncnc3c2cnn3C)CC1. The second-order valence-electron chi connectivity index (χ2n) is 7.02. The van der Waals surface area contributed by atoms with Gasteiger partial charge in [-0.2, -0.15) is 10.2 Å². The fourth-order valence-electron chi connectivity index (χ4n) is 3.71. The first-order valence-electron chi connectivity index (χ1n) is 9.10. The van der Waals surface area contributed by atoms with E-state index in [1.807, 2.05) is 37.5 Å². The van der Waals surface area contributed by atoms with Crippen molar-refractivity contribution >= 4 is 22.8 Å². The van der Waals surface area contributed by atoms with E-state index < -0.39 is 0 Å². The summed E-state index contributed by atoms with van der Waals surface area (Å²) in [5.41, 5.74) is 3.85. The third-order valence-electron chi connectivity index (χ3n) is 5.43. The molecule has 0 bridgehead atoms. The second-order valence-corrected chi connectivity index (χ2v) is 7.02. The molecule has 9 heteroatoms. The third kappa shape index (κ3) is 3.02. The average molecular weight is 368 g/mol. The van der Waals surface area contributed by atoms with Crippen LogP contribution in [0.1, 0.15) is 17.0 Å². The van der Waals surface area contributed by atoms with E-state index in [-0.39, 0.29) is 5.91 Å². The summed E-state index contributed by atoms with van der Waals surface area (Å²) in [5, 5.41) is 9.63. The van der Waals surface area contributed by atoms with Crippen molar-refractivity contribution in [3.8, 4) is 0 Å². The lowest BCUT2D eigenvalue weighted by molar-refractivity contribution is -0.130. The molecule has 1 amide bonds. The number of piperazine rings is 1. The molecule has 0 aliphatic carbocycles. The number of hydrogen-bond acceptors (Lipinski definition) is 6. The Morgan fingerprint density at radius 3 is 2.48 bits per heavy atom. The Bertz CT molecular complexity index is 996. The van der Waals surface area contributed by atoms with Crippen LogP contribution in [-0.4, -0.2) is 66.5 Å². The van der Waals surface area contributed by atoms with Gasteiger partial charge in [-0.05, 0) is 13.8 Å². The molecular weight excluding hydrogens is 344 g/mol. The van der Waals surface area contributed by atoms with Crippen molar-refractivity contribution in [1.82, 2.24) is 34.4 Å². The van der Waals surface area contributed by atoms with E-state index in [4.69, 9.17) is 0 Å². The Morgan fingerprint density at radius 1 is 1.07 bits per heavy atom. The molecule has 0 radical (unpaired) electrons. The Labute approximate surface area is 157 Å². The molecule has 0 saturated carbocycles. The number of amides is 1. The van der Waals surface area contributed by atoms with Crippen LogP contribution < -0.4 is 4.90 Å². The maximum Gasteiger partial charge on any atom is 0.227 e. The molecule has 0 aromatic carbocycles. The lowest BCUT2D eigenvalue weighted by Gasteiger charge is -2.35. The minimum absolute atomic E-state index is 0.156.